The fourth-order valence-electron chi connectivity index (χ4n) is 1.71. The number of anilines is 1. The Hall–Kier alpha value is -1.91. The van der Waals surface area contributed by atoms with Crippen LogP contribution in [-0.4, -0.2) is 22.0 Å². The first kappa shape index (κ1) is 14.2. The number of rotatable bonds is 5. The quantitative estimate of drug-likeness (QED) is 0.839. The molecule has 2 N–H and O–H groups in total. The van der Waals surface area contributed by atoms with Crippen LogP contribution in [-0.2, 0) is 9.59 Å². The molecule has 1 heterocycles. The van der Waals surface area contributed by atoms with Gasteiger partial charge in [0.25, 0.3) is 0 Å². The van der Waals surface area contributed by atoms with Gasteiger partial charge in [0.15, 0.2) is 0 Å². The summed E-state index contributed by atoms with van der Waals surface area (Å²) in [6.07, 6.45) is 0.108. The lowest BCUT2D eigenvalue weighted by molar-refractivity contribution is -0.139. The van der Waals surface area contributed by atoms with Crippen molar-refractivity contribution in [2.45, 2.75) is 33.6 Å². The van der Waals surface area contributed by atoms with E-state index in [0.717, 1.165) is 5.69 Å². The molecule has 0 saturated carbocycles. The first-order chi connectivity index (χ1) is 8.28. The molecule has 0 aliphatic carbocycles. The van der Waals surface area contributed by atoms with Gasteiger partial charge in [0, 0.05) is 12.1 Å². The predicted molar refractivity (Wildman–Crippen MR) is 68.3 cm³/mol. The Labute approximate surface area is 106 Å². The van der Waals surface area contributed by atoms with Gasteiger partial charge in [-0.15, -0.1) is 0 Å². The second kappa shape index (κ2) is 5.62. The first-order valence-corrected chi connectivity index (χ1v) is 5.74. The van der Waals surface area contributed by atoms with Gasteiger partial charge < -0.3 is 10.4 Å². The molecule has 0 aromatic carbocycles. The maximum atomic E-state index is 11.8. The lowest BCUT2D eigenvalue weighted by atomic mass is 9.85. The number of nitrogens with zero attached hydrogens (tertiary/aromatic N) is 1. The van der Waals surface area contributed by atoms with Crippen LogP contribution in [0, 0.1) is 12.3 Å². The predicted octanol–water partition coefficient (Wildman–Crippen LogP) is 2.22. The lowest BCUT2D eigenvalue weighted by Gasteiger charge is -2.21. The zero-order valence-electron chi connectivity index (χ0n) is 10.9. The fourth-order valence-corrected chi connectivity index (χ4v) is 1.71. The second-order valence-corrected chi connectivity index (χ2v) is 5.12. The number of carboxylic acids is 1. The summed E-state index contributed by atoms with van der Waals surface area (Å²) in [6, 6.07) is 5.35. The van der Waals surface area contributed by atoms with Crippen LogP contribution in [0.1, 0.15) is 32.4 Å². The lowest BCUT2D eigenvalue weighted by Crippen LogP contribution is -2.25. The van der Waals surface area contributed by atoms with E-state index < -0.39 is 11.4 Å². The van der Waals surface area contributed by atoms with E-state index in [1.54, 1.807) is 26.0 Å². The van der Waals surface area contributed by atoms with Gasteiger partial charge in [-0.05, 0) is 24.5 Å². The summed E-state index contributed by atoms with van der Waals surface area (Å²) in [4.78, 5) is 26.6. The maximum Gasteiger partial charge on any atom is 0.303 e. The van der Waals surface area contributed by atoms with Gasteiger partial charge >= 0.3 is 5.97 Å². The molecule has 5 heteroatoms. The third-order valence-electron chi connectivity index (χ3n) is 2.42. The highest BCUT2D eigenvalue weighted by Gasteiger charge is 2.25. The molecule has 0 spiro atoms. The van der Waals surface area contributed by atoms with Gasteiger partial charge in [-0.2, -0.15) is 0 Å². The number of amides is 1. The summed E-state index contributed by atoms with van der Waals surface area (Å²) < 4.78 is 0. The van der Waals surface area contributed by atoms with Crippen molar-refractivity contribution in [3.8, 4) is 0 Å². The summed E-state index contributed by atoms with van der Waals surface area (Å²) in [5, 5.41) is 11.4. The second-order valence-electron chi connectivity index (χ2n) is 5.12. The first-order valence-electron chi connectivity index (χ1n) is 5.74. The van der Waals surface area contributed by atoms with E-state index in [1.807, 2.05) is 13.0 Å². The average molecular weight is 250 g/mol. The number of carbonyl (C=O) groups is 2. The molecule has 1 aromatic heterocycles. The number of carboxylic acid groups (broad SMARTS) is 1. The van der Waals surface area contributed by atoms with Gasteiger partial charge in [0.1, 0.15) is 5.82 Å². The molecule has 0 fully saturated rings. The Kier molecular flexibility index (Phi) is 4.42. The van der Waals surface area contributed by atoms with Gasteiger partial charge in [-0.1, -0.05) is 19.9 Å². The molecule has 0 unspecified atom stereocenters. The highest BCUT2D eigenvalue weighted by atomic mass is 16.4. The average Bonchev–Trinajstić information content (AvgIpc) is 2.13. The third kappa shape index (κ3) is 4.95. The van der Waals surface area contributed by atoms with Crippen LogP contribution in [0.3, 0.4) is 0 Å². The minimum atomic E-state index is -0.901. The summed E-state index contributed by atoms with van der Waals surface area (Å²) in [5.41, 5.74) is 0.248. The fraction of sp³-hybridized carbons (Fsp3) is 0.462. The standard InChI is InChI=1S/C13H18N2O3/c1-9-5-4-6-10(14-9)15-11(16)7-13(2,3)8-12(17)18/h4-6H,7-8H2,1-3H3,(H,17,18)(H,14,15,16). The number of pyridine rings is 1. The number of carbonyl (C=O) groups excluding carboxylic acids is 1. The van der Waals surface area contributed by atoms with Crippen LogP contribution in [0.2, 0.25) is 0 Å². The molecule has 0 bridgehead atoms. The van der Waals surface area contributed by atoms with Crippen LogP contribution >= 0.6 is 0 Å². The van der Waals surface area contributed by atoms with Crippen molar-refractivity contribution in [3.63, 3.8) is 0 Å². The summed E-state index contributed by atoms with van der Waals surface area (Å²) in [7, 11) is 0. The largest absolute Gasteiger partial charge is 0.481 e. The zero-order valence-corrected chi connectivity index (χ0v) is 10.9. The molecule has 0 aliphatic heterocycles. The van der Waals surface area contributed by atoms with Gasteiger partial charge in [-0.3, -0.25) is 9.59 Å². The van der Waals surface area contributed by atoms with Gasteiger partial charge in [0.05, 0.1) is 6.42 Å². The van der Waals surface area contributed by atoms with E-state index >= 15 is 0 Å². The van der Waals surface area contributed by atoms with Crippen LogP contribution in [0.4, 0.5) is 5.82 Å². The van der Waals surface area contributed by atoms with Crippen LogP contribution in [0.5, 0.6) is 0 Å². The molecule has 1 amide bonds. The molecule has 0 radical (unpaired) electrons. The molecule has 0 atom stereocenters. The molecular weight excluding hydrogens is 232 g/mol. The molecule has 1 aromatic rings. The van der Waals surface area contributed by atoms with E-state index in [-0.39, 0.29) is 18.7 Å². The minimum Gasteiger partial charge on any atom is -0.481 e. The van der Waals surface area contributed by atoms with E-state index in [1.165, 1.54) is 0 Å². The highest BCUT2D eigenvalue weighted by molar-refractivity contribution is 5.90. The number of aliphatic carboxylic acids is 1. The minimum absolute atomic E-state index is 0.0400. The molecule has 0 saturated heterocycles. The Bertz CT molecular complexity index is 455. The van der Waals surface area contributed by atoms with Crippen molar-refractivity contribution in [2.75, 3.05) is 5.32 Å². The van der Waals surface area contributed by atoms with Crippen LogP contribution in [0.25, 0.3) is 0 Å². The topological polar surface area (TPSA) is 79.3 Å². The van der Waals surface area contributed by atoms with Crippen LogP contribution < -0.4 is 5.32 Å². The summed E-state index contributed by atoms with van der Waals surface area (Å²) >= 11 is 0. The van der Waals surface area contributed by atoms with Crippen molar-refractivity contribution in [1.29, 1.82) is 0 Å². The summed E-state index contributed by atoms with van der Waals surface area (Å²) in [6.45, 7) is 5.35. The number of nitrogens with one attached hydrogen (secondary N) is 1. The number of hydrogen-bond acceptors (Lipinski definition) is 3. The van der Waals surface area contributed by atoms with Crippen molar-refractivity contribution >= 4 is 17.7 Å². The zero-order chi connectivity index (χ0) is 13.8. The Balaban J connectivity index is 2.59. The third-order valence-corrected chi connectivity index (χ3v) is 2.42. The van der Waals surface area contributed by atoms with Gasteiger partial charge in [-0.25, -0.2) is 4.98 Å². The van der Waals surface area contributed by atoms with E-state index in [2.05, 4.69) is 10.3 Å². The van der Waals surface area contributed by atoms with Crippen molar-refractivity contribution in [2.24, 2.45) is 5.41 Å². The van der Waals surface area contributed by atoms with Crippen LogP contribution in [0.15, 0.2) is 18.2 Å². The van der Waals surface area contributed by atoms with E-state index in [9.17, 15) is 9.59 Å². The number of aryl methyl sites for hydroxylation is 1. The van der Waals surface area contributed by atoms with Crippen molar-refractivity contribution in [3.05, 3.63) is 23.9 Å². The normalized spacial score (nSPS) is 11.1. The Morgan fingerprint density at radius 1 is 1.33 bits per heavy atom. The molecular formula is C13H18N2O3. The SMILES string of the molecule is Cc1cccc(NC(=O)CC(C)(C)CC(=O)O)n1. The summed E-state index contributed by atoms with van der Waals surface area (Å²) in [5.74, 6) is -0.632. The molecule has 0 aliphatic rings. The Morgan fingerprint density at radius 2 is 2.00 bits per heavy atom. The monoisotopic (exact) mass is 250 g/mol. The van der Waals surface area contributed by atoms with Crippen molar-refractivity contribution in [1.82, 2.24) is 4.98 Å². The smallest absolute Gasteiger partial charge is 0.303 e. The maximum absolute atomic E-state index is 11.8. The Morgan fingerprint density at radius 3 is 2.56 bits per heavy atom. The van der Waals surface area contributed by atoms with E-state index in [0.29, 0.717) is 5.82 Å². The molecule has 5 nitrogen and oxygen atoms in total. The number of hydrogen-bond donors (Lipinski definition) is 2. The van der Waals surface area contributed by atoms with E-state index in [4.69, 9.17) is 5.11 Å². The highest BCUT2D eigenvalue weighted by Crippen LogP contribution is 2.25. The molecule has 98 valence electrons. The molecule has 18 heavy (non-hydrogen) atoms. The van der Waals surface area contributed by atoms with Gasteiger partial charge in [0.2, 0.25) is 5.91 Å². The van der Waals surface area contributed by atoms with Crippen molar-refractivity contribution < 1.29 is 14.7 Å². The molecule has 1 rings (SSSR count). The number of aromatic nitrogens is 1.